The monoisotopic (exact) mass is 398 g/mol. The number of hydrogen-bond donors (Lipinski definition) is 0. The first-order valence-electron chi connectivity index (χ1n) is 8.69. The second kappa shape index (κ2) is 8.60. The Morgan fingerprint density at radius 1 is 1.15 bits per heavy atom. The van der Waals surface area contributed by atoms with E-state index in [-0.39, 0.29) is 17.8 Å². The molecule has 1 unspecified atom stereocenters. The molecule has 1 heterocycles. The van der Waals surface area contributed by atoms with Crippen LogP contribution in [0.4, 0.5) is 5.69 Å². The maximum Gasteiger partial charge on any atom is 0.308 e. The Balaban J connectivity index is 2.17. The van der Waals surface area contributed by atoms with Crippen molar-refractivity contribution < 1.29 is 27.5 Å². The number of rotatable bonds is 6. The minimum atomic E-state index is -3.68. The number of methoxy groups -OCH3 is 2. The topological polar surface area (TPSA) is 93.2 Å². The third kappa shape index (κ3) is 4.91. The van der Waals surface area contributed by atoms with Crippen molar-refractivity contribution in [2.75, 3.05) is 37.9 Å². The predicted octanol–water partition coefficient (Wildman–Crippen LogP) is 1.26. The summed E-state index contributed by atoms with van der Waals surface area (Å²) in [5, 5.41) is 0. The summed E-state index contributed by atoms with van der Waals surface area (Å²) in [6.45, 7) is 2.35. The van der Waals surface area contributed by atoms with Gasteiger partial charge in [-0.1, -0.05) is 0 Å². The summed E-state index contributed by atoms with van der Waals surface area (Å²) in [6, 6.07) is 5.60. The molecule has 0 saturated carbocycles. The Kier molecular flexibility index (Phi) is 6.69. The molecule has 0 N–H and O–H groups in total. The van der Waals surface area contributed by atoms with Crippen LogP contribution in [0.2, 0.25) is 0 Å². The number of sulfonamides is 1. The van der Waals surface area contributed by atoms with E-state index in [4.69, 9.17) is 9.47 Å². The van der Waals surface area contributed by atoms with Crippen LogP contribution in [0.5, 0.6) is 5.75 Å². The highest BCUT2D eigenvalue weighted by Gasteiger charge is 2.35. The fraction of sp³-hybridized carbons (Fsp3) is 0.556. The lowest BCUT2D eigenvalue weighted by molar-refractivity contribution is -0.149. The molecule has 0 bridgehead atoms. The lowest BCUT2D eigenvalue weighted by atomic mass is 9.96. The van der Waals surface area contributed by atoms with Crippen LogP contribution in [0.3, 0.4) is 0 Å². The van der Waals surface area contributed by atoms with E-state index in [1.807, 2.05) is 0 Å². The van der Waals surface area contributed by atoms with Crippen LogP contribution in [0.25, 0.3) is 0 Å². The van der Waals surface area contributed by atoms with Gasteiger partial charge in [0.15, 0.2) is 0 Å². The number of piperidine rings is 1. The summed E-state index contributed by atoms with van der Waals surface area (Å²) in [7, 11) is -0.808. The van der Waals surface area contributed by atoms with Gasteiger partial charge in [-0.2, -0.15) is 0 Å². The highest BCUT2D eigenvalue weighted by molar-refractivity contribution is 7.92. The van der Waals surface area contributed by atoms with Gasteiger partial charge >= 0.3 is 5.97 Å². The molecule has 0 spiro atoms. The first kappa shape index (κ1) is 21.0. The van der Waals surface area contributed by atoms with Gasteiger partial charge in [-0.3, -0.25) is 13.9 Å². The van der Waals surface area contributed by atoms with Gasteiger partial charge in [-0.15, -0.1) is 0 Å². The quantitative estimate of drug-likeness (QED) is 0.670. The van der Waals surface area contributed by atoms with Gasteiger partial charge in [0.2, 0.25) is 15.9 Å². The van der Waals surface area contributed by atoms with E-state index >= 15 is 0 Å². The fourth-order valence-electron chi connectivity index (χ4n) is 3.30. The van der Waals surface area contributed by atoms with Gasteiger partial charge in [0.25, 0.3) is 0 Å². The van der Waals surface area contributed by atoms with Crippen LogP contribution in [-0.2, 0) is 24.3 Å². The molecule has 27 heavy (non-hydrogen) atoms. The zero-order valence-corrected chi connectivity index (χ0v) is 16.9. The van der Waals surface area contributed by atoms with Gasteiger partial charge in [0.1, 0.15) is 11.8 Å². The van der Waals surface area contributed by atoms with Crippen molar-refractivity contribution in [3.8, 4) is 5.75 Å². The van der Waals surface area contributed by atoms with Crippen molar-refractivity contribution >= 4 is 27.6 Å². The van der Waals surface area contributed by atoms with Crippen LogP contribution in [0, 0.1) is 5.92 Å². The highest BCUT2D eigenvalue weighted by atomic mass is 32.2. The average Bonchev–Trinajstić information content (AvgIpc) is 2.66. The van der Waals surface area contributed by atoms with E-state index in [1.54, 1.807) is 36.1 Å². The number of amides is 1. The molecule has 1 atom stereocenters. The van der Waals surface area contributed by atoms with Crippen molar-refractivity contribution in [2.24, 2.45) is 5.92 Å². The fourth-order valence-corrected chi connectivity index (χ4v) is 4.47. The van der Waals surface area contributed by atoms with Crippen molar-refractivity contribution in [3.05, 3.63) is 24.3 Å². The van der Waals surface area contributed by atoms with E-state index in [2.05, 4.69) is 0 Å². The molecule has 1 saturated heterocycles. The molecule has 0 radical (unpaired) electrons. The van der Waals surface area contributed by atoms with Crippen molar-refractivity contribution in [2.45, 2.75) is 25.8 Å². The first-order valence-corrected chi connectivity index (χ1v) is 10.5. The molecule has 1 fully saturated rings. The van der Waals surface area contributed by atoms with E-state index in [1.165, 1.54) is 14.2 Å². The molecule has 150 valence electrons. The summed E-state index contributed by atoms with van der Waals surface area (Å²) in [5.41, 5.74) is 0.392. The number of carbonyl (C=O) groups is 2. The Labute approximate surface area is 160 Å². The molecule has 1 aliphatic rings. The van der Waals surface area contributed by atoms with E-state index < -0.39 is 16.1 Å². The zero-order valence-electron chi connectivity index (χ0n) is 16.0. The summed E-state index contributed by atoms with van der Waals surface area (Å²) in [5.74, 6) is -0.191. The van der Waals surface area contributed by atoms with Crippen LogP contribution >= 0.6 is 0 Å². The average molecular weight is 398 g/mol. The van der Waals surface area contributed by atoms with Crippen molar-refractivity contribution in [3.63, 3.8) is 0 Å². The first-order chi connectivity index (χ1) is 12.7. The maximum absolute atomic E-state index is 12.9. The molecule has 1 amide bonds. The Morgan fingerprint density at radius 3 is 2.15 bits per heavy atom. The Bertz CT molecular complexity index is 770. The summed E-state index contributed by atoms with van der Waals surface area (Å²) in [6.07, 6.45) is 2.09. The van der Waals surface area contributed by atoms with Crippen LogP contribution in [-0.4, -0.2) is 64.8 Å². The third-order valence-electron chi connectivity index (χ3n) is 4.73. The number of hydrogen-bond acceptors (Lipinski definition) is 6. The minimum Gasteiger partial charge on any atom is -0.497 e. The van der Waals surface area contributed by atoms with Crippen LogP contribution in [0.1, 0.15) is 19.8 Å². The van der Waals surface area contributed by atoms with E-state index in [0.29, 0.717) is 37.4 Å². The summed E-state index contributed by atoms with van der Waals surface area (Å²) < 4.78 is 35.7. The van der Waals surface area contributed by atoms with Gasteiger partial charge in [0, 0.05) is 13.1 Å². The van der Waals surface area contributed by atoms with Crippen LogP contribution in [0.15, 0.2) is 24.3 Å². The minimum absolute atomic E-state index is 0.220. The molecule has 0 aliphatic carbocycles. The number of anilines is 1. The van der Waals surface area contributed by atoms with Gasteiger partial charge in [0.05, 0.1) is 32.1 Å². The number of carbonyl (C=O) groups excluding carboxylic acids is 2. The maximum atomic E-state index is 12.9. The highest BCUT2D eigenvalue weighted by Crippen LogP contribution is 2.26. The van der Waals surface area contributed by atoms with Crippen molar-refractivity contribution in [1.82, 2.24) is 4.90 Å². The molecule has 1 aliphatic heterocycles. The molecule has 0 aromatic heterocycles. The molecular weight excluding hydrogens is 372 g/mol. The van der Waals surface area contributed by atoms with E-state index in [9.17, 15) is 18.0 Å². The van der Waals surface area contributed by atoms with Crippen molar-refractivity contribution in [1.29, 1.82) is 0 Å². The summed E-state index contributed by atoms with van der Waals surface area (Å²) >= 11 is 0. The standard InChI is InChI=1S/C18H26N2O6S/c1-13(17(21)19-11-9-14(10-12-19)18(22)26-3)20(27(4,23)24)15-5-7-16(25-2)8-6-15/h5-8,13-14H,9-12H2,1-4H3. The van der Waals surface area contributed by atoms with E-state index in [0.717, 1.165) is 10.6 Å². The van der Waals surface area contributed by atoms with Gasteiger partial charge < -0.3 is 14.4 Å². The van der Waals surface area contributed by atoms with Gasteiger partial charge in [-0.25, -0.2) is 8.42 Å². The second-order valence-corrected chi connectivity index (χ2v) is 8.41. The number of esters is 1. The molecule has 8 nitrogen and oxygen atoms in total. The SMILES string of the molecule is COC(=O)C1CCN(C(=O)C(C)N(c2ccc(OC)cc2)S(C)(=O)=O)CC1. The zero-order chi connectivity index (χ0) is 20.2. The largest absolute Gasteiger partial charge is 0.497 e. The molecule has 1 aromatic rings. The number of ether oxygens (including phenoxy) is 2. The molecule has 1 aromatic carbocycles. The Morgan fingerprint density at radius 2 is 1.70 bits per heavy atom. The smallest absolute Gasteiger partial charge is 0.308 e. The molecule has 9 heteroatoms. The van der Waals surface area contributed by atoms with Gasteiger partial charge in [-0.05, 0) is 44.0 Å². The Hall–Kier alpha value is -2.29. The normalized spacial score (nSPS) is 16.5. The number of nitrogens with zero attached hydrogens (tertiary/aromatic N) is 2. The van der Waals surface area contributed by atoms with Crippen LogP contribution < -0.4 is 9.04 Å². The predicted molar refractivity (Wildman–Crippen MR) is 101 cm³/mol. The lowest BCUT2D eigenvalue weighted by Gasteiger charge is -2.36. The second-order valence-electron chi connectivity index (χ2n) is 6.56. The number of likely N-dealkylation sites (tertiary alicyclic amines) is 1. The molecule has 2 rings (SSSR count). The molecular formula is C18H26N2O6S. The third-order valence-corrected chi connectivity index (χ3v) is 5.98. The summed E-state index contributed by atoms with van der Waals surface area (Å²) in [4.78, 5) is 26.1. The lowest BCUT2D eigenvalue weighted by Crippen LogP contribution is -2.51. The number of benzene rings is 1.